The zero-order valence-corrected chi connectivity index (χ0v) is 17.4. The molecule has 0 heterocycles. The third kappa shape index (κ3) is 5.73. The second kappa shape index (κ2) is 9.44. The van der Waals surface area contributed by atoms with Crippen LogP contribution in [-0.4, -0.2) is 31.1 Å². The predicted octanol–water partition coefficient (Wildman–Crippen LogP) is 4.80. The van der Waals surface area contributed by atoms with Gasteiger partial charge in [-0.25, -0.2) is 0 Å². The summed E-state index contributed by atoms with van der Waals surface area (Å²) in [4.78, 5) is 14.4. The van der Waals surface area contributed by atoms with Gasteiger partial charge in [-0.3, -0.25) is 4.79 Å². The highest BCUT2D eigenvalue weighted by atomic mass is 35.5. The van der Waals surface area contributed by atoms with Crippen LogP contribution in [0.3, 0.4) is 0 Å². The van der Waals surface area contributed by atoms with E-state index in [2.05, 4.69) is 43.3 Å². The summed E-state index contributed by atoms with van der Waals surface area (Å²) in [5.74, 6) is 0.358. The van der Waals surface area contributed by atoms with Crippen LogP contribution < -0.4 is 5.73 Å². The first-order chi connectivity index (χ1) is 13.4. The van der Waals surface area contributed by atoms with E-state index >= 15 is 0 Å². The van der Waals surface area contributed by atoms with Gasteiger partial charge in [0, 0.05) is 6.54 Å². The number of hydrogen-bond acceptors (Lipinski definition) is 4. The Morgan fingerprint density at radius 2 is 1.71 bits per heavy atom. The number of carbonyl (C=O) groups excluding carboxylic acids is 1. The number of esters is 1. The number of nitrogens with two attached hydrogens (primary N) is 1. The number of halogens is 1. The molecule has 2 N–H and O–H groups in total. The van der Waals surface area contributed by atoms with Crippen LogP contribution in [0.15, 0.2) is 42.5 Å². The molecule has 28 heavy (non-hydrogen) atoms. The molecule has 0 unspecified atom stereocenters. The van der Waals surface area contributed by atoms with Gasteiger partial charge in [-0.05, 0) is 74.5 Å². The second-order valence-corrected chi connectivity index (χ2v) is 8.38. The van der Waals surface area contributed by atoms with Crippen molar-refractivity contribution in [3.8, 4) is 0 Å². The number of benzene rings is 2. The molecule has 0 aromatic heterocycles. The van der Waals surface area contributed by atoms with E-state index in [1.807, 2.05) is 6.07 Å². The Hall–Kier alpha value is -2.04. The lowest BCUT2D eigenvalue weighted by atomic mass is 9.82. The summed E-state index contributed by atoms with van der Waals surface area (Å²) >= 11 is 6.02. The third-order valence-corrected chi connectivity index (χ3v) is 5.66. The number of carbonyl (C=O) groups is 1. The average Bonchev–Trinajstić information content (AvgIpc) is 2.65. The quantitative estimate of drug-likeness (QED) is 0.559. The van der Waals surface area contributed by atoms with Crippen molar-refractivity contribution in [2.45, 2.75) is 50.7 Å². The van der Waals surface area contributed by atoms with Gasteiger partial charge in [0.15, 0.2) is 0 Å². The van der Waals surface area contributed by atoms with Gasteiger partial charge in [0.2, 0.25) is 0 Å². The number of anilines is 1. The van der Waals surface area contributed by atoms with Crippen LogP contribution in [0.4, 0.5) is 5.69 Å². The summed E-state index contributed by atoms with van der Waals surface area (Å²) in [6, 6.07) is 14.2. The van der Waals surface area contributed by atoms with Crippen molar-refractivity contribution >= 4 is 23.3 Å². The van der Waals surface area contributed by atoms with Crippen molar-refractivity contribution in [2.24, 2.45) is 0 Å². The smallest absolute Gasteiger partial charge is 0.310 e. The Labute approximate surface area is 172 Å². The van der Waals surface area contributed by atoms with E-state index in [-0.39, 0.29) is 18.5 Å². The molecule has 2 aromatic rings. The summed E-state index contributed by atoms with van der Waals surface area (Å²) in [5, 5.41) is 0.474. The maximum absolute atomic E-state index is 12.3. The minimum Gasteiger partial charge on any atom is -0.462 e. The van der Waals surface area contributed by atoms with E-state index in [9.17, 15) is 4.79 Å². The van der Waals surface area contributed by atoms with Gasteiger partial charge in [0.1, 0.15) is 6.10 Å². The van der Waals surface area contributed by atoms with Gasteiger partial charge < -0.3 is 15.4 Å². The van der Waals surface area contributed by atoms with Crippen molar-refractivity contribution in [1.29, 1.82) is 0 Å². The molecular formula is C23H29ClN2O2. The van der Waals surface area contributed by atoms with Crippen molar-refractivity contribution in [3.63, 3.8) is 0 Å². The zero-order valence-electron chi connectivity index (χ0n) is 16.7. The Balaban J connectivity index is 1.47. The Morgan fingerprint density at radius 3 is 2.32 bits per heavy atom. The van der Waals surface area contributed by atoms with Gasteiger partial charge in [-0.15, -0.1) is 0 Å². The van der Waals surface area contributed by atoms with Gasteiger partial charge in [-0.2, -0.15) is 0 Å². The Kier molecular flexibility index (Phi) is 6.97. The molecule has 4 nitrogen and oxygen atoms in total. The normalized spacial score (nSPS) is 19.6. The summed E-state index contributed by atoms with van der Waals surface area (Å²) in [7, 11) is 4.16. The molecule has 0 saturated heterocycles. The summed E-state index contributed by atoms with van der Waals surface area (Å²) in [6.07, 6.45) is 4.18. The fraction of sp³-hybridized carbons (Fsp3) is 0.435. The lowest BCUT2D eigenvalue weighted by molar-refractivity contribution is -0.149. The summed E-state index contributed by atoms with van der Waals surface area (Å²) < 4.78 is 5.69. The molecule has 0 amide bonds. The third-order valence-electron chi connectivity index (χ3n) is 5.34. The van der Waals surface area contributed by atoms with Crippen LogP contribution in [-0.2, 0) is 22.5 Å². The van der Waals surface area contributed by atoms with Crippen LogP contribution in [0, 0.1) is 0 Å². The molecule has 0 bridgehead atoms. The standard InChI is InChI=1S/C23H29ClN2O2/c1-26(2)15-16-3-6-18(7-4-16)19-8-10-20(11-9-19)28-23(27)14-17-5-12-22(25)21(24)13-17/h3-7,12-13,19-20H,8-11,14-15,25H2,1-2H3. The van der Waals surface area contributed by atoms with Crippen molar-refractivity contribution in [2.75, 3.05) is 19.8 Å². The largest absolute Gasteiger partial charge is 0.462 e. The average molecular weight is 401 g/mol. The first-order valence-corrected chi connectivity index (χ1v) is 10.3. The fourth-order valence-electron chi connectivity index (χ4n) is 3.85. The van der Waals surface area contributed by atoms with E-state index in [0.29, 0.717) is 16.6 Å². The number of nitrogen functional groups attached to an aromatic ring is 1. The SMILES string of the molecule is CN(C)Cc1ccc(C2CCC(OC(=O)Cc3ccc(N)c(Cl)c3)CC2)cc1. The number of hydrogen-bond donors (Lipinski definition) is 1. The molecule has 3 rings (SSSR count). The topological polar surface area (TPSA) is 55.6 Å². The molecule has 150 valence electrons. The first-order valence-electron chi connectivity index (χ1n) is 9.87. The van der Waals surface area contributed by atoms with Crippen LogP contribution in [0.25, 0.3) is 0 Å². The molecule has 0 atom stereocenters. The Bertz CT molecular complexity index is 797. The molecular weight excluding hydrogens is 372 g/mol. The highest BCUT2D eigenvalue weighted by Gasteiger charge is 2.25. The lowest BCUT2D eigenvalue weighted by Crippen LogP contribution is -2.24. The van der Waals surface area contributed by atoms with Gasteiger partial charge in [-0.1, -0.05) is 41.9 Å². The number of nitrogens with zero attached hydrogens (tertiary/aromatic N) is 1. The molecule has 2 aromatic carbocycles. The van der Waals surface area contributed by atoms with Crippen LogP contribution in [0.2, 0.25) is 5.02 Å². The molecule has 0 radical (unpaired) electrons. The van der Waals surface area contributed by atoms with Crippen molar-refractivity contribution in [3.05, 3.63) is 64.2 Å². The van der Waals surface area contributed by atoms with Crippen LogP contribution in [0.1, 0.15) is 48.3 Å². The molecule has 1 fully saturated rings. The highest BCUT2D eigenvalue weighted by Crippen LogP contribution is 2.34. The monoisotopic (exact) mass is 400 g/mol. The number of rotatable bonds is 6. The highest BCUT2D eigenvalue weighted by molar-refractivity contribution is 6.33. The molecule has 5 heteroatoms. The maximum atomic E-state index is 12.3. The van der Waals surface area contributed by atoms with E-state index in [1.165, 1.54) is 11.1 Å². The van der Waals surface area contributed by atoms with Crippen LogP contribution >= 0.6 is 11.6 Å². The van der Waals surface area contributed by atoms with Crippen molar-refractivity contribution < 1.29 is 9.53 Å². The predicted molar refractivity (Wildman–Crippen MR) is 114 cm³/mol. The van der Waals surface area contributed by atoms with E-state index < -0.39 is 0 Å². The minimum atomic E-state index is -0.197. The van der Waals surface area contributed by atoms with Gasteiger partial charge >= 0.3 is 5.97 Å². The molecule has 1 aliphatic rings. The molecule has 0 aliphatic heterocycles. The number of ether oxygens (including phenoxy) is 1. The molecule has 1 saturated carbocycles. The minimum absolute atomic E-state index is 0.0148. The maximum Gasteiger partial charge on any atom is 0.310 e. The van der Waals surface area contributed by atoms with Crippen LogP contribution in [0.5, 0.6) is 0 Å². The second-order valence-electron chi connectivity index (χ2n) is 7.98. The van der Waals surface area contributed by atoms with Crippen molar-refractivity contribution in [1.82, 2.24) is 4.90 Å². The first kappa shape index (κ1) is 20.7. The lowest BCUT2D eigenvalue weighted by Gasteiger charge is -2.28. The fourth-order valence-corrected chi connectivity index (χ4v) is 4.05. The van der Waals surface area contributed by atoms with Gasteiger partial charge in [0.25, 0.3) is 0 Å². The summed E-state index contributed by atoms with van der Waals surface area (Å²) in [6.45, 7) is 0.961. The molecule has 0 spiro atoms. The van der Waals surface area contributed by atoms with Gasteiger partial charge in [0.05, 0.1) is 17.1 Å². The van der Waals surface area contributed by atoms with E-state index in [4.69, 9.17) is 22.1 Å². The van der Waals surface area contributed by atoms with E-state index in [1.54, 1.807) is 12.1 Å². The molecule has 1 aliphatic carbocycles. The summed E-state index contributed by atoms with van der Waals surface area (Å²) in [5.41, 5.74) is 9.78. The zero-order chi connectivity index (χ0) is 20.1. The Morgan fingerprint density at radius 1 is 1.07 bits per heavy atom. The van der Waals surface area contributed by atoms with E-state index in [0.717, 1.165) is 37.8 Å².